The van der Waals surface area contributed by atoms with Crippen molar-refractivity contribution in [2.45, 2.75) is 10.3 Å². The molecule has 1 atom stereocenters. The summed E-state index contributed by atoms with van der Waals surface area (Å²) in [4.78, 5) is 0.325. The van der Waals surface area contributed by atoms with E-state index in [1.54, 1.807) is 24.3 Å². The molecule has 0 aliphatic heterocycles. The molecular formula is C13H12N2O3S2. The molecule has 1 aromatic carbocycles. The molecule has 0 aliphatic carbocycles. The highest BCUT2D eigenvalue weighted by molar-refractivity contribution is 7.91. The molecule has 0 aliphatic rings. The van der Waals surface area contributed by atoms with Crippen LogP contribution < -0.4 is 4.72 Å². The minimum absolute atomic E-state index is 0.0587. The number of rotatable bonds is 5. The molecule has 1 heterocycles. The largest absolute Gasteiger partial charge is 0.394 e. The van der Waals surface area contributed by atoms with E-state index in [0.29, 0.717) is 10.4 Å². The van der Waals surface area contributed by atoms with E-state index >= 15 is 0 Å². The highest BCUT2D eigenvalue weighted by Gasteiger charge is 2.22. The molecule has 0 radical (unpaired) electrons. The summed E-state index contributed by atoms with van der Waals surface area (Å²) in [7, 11) is -3.75. The highest BCUT2D eigenvalue weighted by atomic mass is 32.2. The standard InChI is InChI=1S/C13H12N2O3S2/c14-8-11-6-7-13(19-11)20(17,18)15-12(9-16)10-4-2-1-3-5-10/h1-7,12,15-16H,9H2/t12-/m0/s1. The van der Waals surface area contributed by atoms with Gasteiger partial charge in [0.15, 0.2) is 0 Å². The summed E-state index contributed by atoms with van der Waals surface area (Å²) in [6, 6.07) is 12.8. The number of nitriles is 1. The van der Waals surface area contributed by atoms with Crippen LogP contribution in [-0.2, 0) is 10.0 Å². The summed E-state index contributed by atoms with van der Waals surface area (Å²) in [5.74, 6) is 0. The van der Waals surface area contributed by atoms with Gasteiger partial charge in [0.05, 0.1) is 12.6 Å². The zero-order valence-electron chi connectivity index (χ0n) is 10.4. The maximum atomic E-state index is 12.2. The Bertz CT molecular complexity index is 718. The number of hydrogen-bond donors (Lipinski definition) is 2. The van der Waals surface area contributed by atoms with Gasteiger partial charge in [-0.3, -0.25) is 0 Å². The second-order valence-corrected chi connectivity index (χ2v) is 7.02. The average Bonchev–Trinajstić information content (AvgIpc) is 2.95. The molecule has 5 nitrogen and oxygen atoms in total. The molecule has 0 bridgehead atoms. The van der Waals surface area contributed by atoms with Crippen molar-refractivity contribution in [1.29, 1.82) is 5.26 Å². The van der Waals surface area contributed by atoms with E-state index in [-0.39, 0.29) is 10.8 Å². The van der Waals surface area contributed by atoms with Gasteiger partial charge in [0, 0.05) is 0 Å². The summed E-state index contributed by atoms with van der Waals surface area (Å²) in [6.45, 7) is -0.347. The third-order valence-electron chi connectivity index (χ3n) is 2.64. The quantitative estimate of drug-likeness (QED) is 0.878. The molecule has 0 saturated heterocycles. The molecule has 104 valence electrons. The molecule has 1 aromatic heterocycles. The van der Waals surface area contributed by atoms with Crippen LogP contribution in [0.15, 0.2) is 46.7 Å². The number of nitrogens with one attached hydrogen (secondary N) is 1. The van der Waals surface area contributed by atoms with Crippen LogP contribution in [0.3, 0.4) is 0 Å². The van der Waals surface area contributed by atoms with Crippen molar-refractivity contribution in [3.05, 3.63) is 52.9 Å². The minimum Gasteiger partial charge on any atom is -0.394 e. The SMILES string of the molecule is N#Cc1ccc(S(=O)(=O)N[C@@H](CO)c2ccccc2)s1. The number of hydrogen-bond acceptors (Lipinski definition) is 5. The Hall–Kier alpha value is -1.72. The van der Waals surface area contributed by atoms with Gasteiger partial charge >= 0.3 is 0 Å². The predicted molar refractivity (Wildman–Crippen MR) is 75.6 cm³/mol. The lowest BCUT2D eigenvalue weighted by molar-refractivity contribution is 0.259. The molecular weight excluding hydrogens is 296 g/mol. The lowest BCUT2D eigenvalue weighted by Gasteiger charge is -2.16. The van der Waals surface area contributed by atoms with E-state index in [9.17, 15) is 13.5 Å². The summed E-state index contributed by atoms with van der Waals surface area (Å²) in [5, 5.41) is 18.1. The summed E-state index contributed by atoms with van der Waals surface area (Å²) in [6.07, 6.45) is 0. The summed E-state index contributed by atoms with van der Waals surface area (Å²) in [5.41, 5.74) is 0.677. The fraction of sp³-hybridized carbons (Fsp3) is 0.154. The topological polar surface area (TPSA) is 90.2 Å². The Labute approximate surface area is 121 Å². The maximum Gasteiger partial charge on any atom is 0.250 e. The van der Waals surface area contributed by atoms with E-state index in [2.05, 4.69) is 4.72 Å². The van der Waals surface area contributed by atoms with Gasteiger partial charge in [0.25, 0.3) is 10.0 Å². The fourth-order valence-corrected chi connectivity index (χ4v) is 4.00. The second kappa shape index (κ2) is 6.15. The zero-order chi connectivity index (χ0) is 14.6. The predicted octanol–water partition coefficient (Wildman–Crippen LogP) is 1.63. The first-order chi connectivity index (χ1) is 9.56. The van der Waals surface area contributed by atoms with Gasteiger partial charge in [-0.15, -0.1) is 11.3 Å². The number of aliphatic hydroxyl groups is 1. The molecule has 0 fully saturated rings. The van der Waals surface area contributed by atoms with Gasteiger partial charge in [0.2, 0.25) is 0 Å². The van der Waals surface area contributed by atoms with Crippen molar-refractivity contribution >= 4 is 21.4 Å². The Kier molecular flexibility index (Phi) is 4.52. The number of nitrogens with zero attached hydrogens (tertiary/aromatic N) is 1. The Morgan fingerprint density at radius 2 is 1.95 bits per heavy atom. The van der Waals surface area contributed by atoms with Crippen molar-refractivity contribution in [2.24, 2.45) is 0 Å². The van der Waals surface area contributed by atoms with Crippen molar-refractivity contribution in [3.63, 3.8) is 0 Å². The van der Waals surface area contributed by atoms with E-state index in [1.165, 1.54) is 12.1 Å². The second-order valence-electron chi connectivity index (χ2n) is 4.00. The lowest BCUT2D eigenvalue weighted by Crippen LogP contribution is -2.30. The van der Waals surface area contributed by atoms with Gasteiger partial charge in [-0.25, -0.2) is 13.1 Å². The maximum absolute atomic E-state index is 12.2. The zero-order valence-corrected chi connectivity index (χ0v) is 12.0. The van der Waals surface area contributed by atoms with Crippen LogP contribution in [0.4, 0.5) is 0 Å². The molecule has 0 spiro atoms. The van der Waals surface area contributed by atoms with Crippen LogP contribution in [0, 0.1) is 11.3 Å². The van der Waals surface area contributed by atoms with Crippen molar-refractivity contribution in [3.8, 4) is 6.07 Å². The molecule has 0 saturated carbocycles. The smallest absolute Gasteiger partial charge is 0.250 e. The van der Waals surface area contributed by atoms with Gasteiger partial charge in [0.1, 0.15) is 15.2 Å². The van der Waals surface area contributed by atoms with E-state index in [1.807, 2.05) is 12.1 Å². The van der Waals surface area contributed by atoms with Gasteiger partial charge in [-0.05, 0) is 17.7 Å². The Morgan fingerprint density at radius 1 is 1.25 bits per heavy atom. The molecule has 0 amide bonds. The minimum atomic E-state index is -3.75. The first-order valence-electron chi connectivity index (χ1n) is 5.75. The normalized spacial score (nSPS) is 12.8. The van der Waals surface area contributed by atoms with Gasteiger partial charge in [-0.1, -0.05) is 30.3 Å². The lowest BCUT2D eigenvalue weighted by atomic mass is 10.1. The number of aliphatic hydroxyl groups excluding tert-OH is 1. The van der Waals surface area contributed by atoms with Crippen LogP contribution in [0.25, 0.3) is 0 Å². The highest BCUT2D eigenvalue weighted by Crippen LogP contribution is 2.23. The van der Waals surface area contributed by atoms with Crippen LogP contribution in [-0.4, -0.2) is 20.1 Å². The van der Waals surface area contributed by atoms with E-state index in [0.717, 1.165) is 11.3 Å². The average molecular weight is 308 g/mol. The van der Waals surface area contributed by atoms with E-state index < -0.39 is 16.1 Å². The molecule has 20 heavy (non-hydrogen) atoms. The number of sulfonamides is 1. The third-order valence-corrected chi connectivity index (χ3v) is 5.59. The van der Waals surface area contributed by atoms with Crippen LogP contribution in [0.2, 0.25) is 0 Å². The van der Waals surface area contributed by atoms with Crippen LogP contribution in [0.5, 0.6) is 0 Å². The Balaban J connectivity index is 2.25. The molecule has 2 aromatic rings. The number of benzene rings is 1. The summed E-state index contributed by atoms with van der Waals surface area (Å²) >= 11 is 0.894. The van der Waals surface area contributed by atoms with E-state index in [4.69, 9.17) is 5.26 Å². The molecule has 7 heteroatoms. The molecule has 0 unspecified atom stereocenters. The van der Waals surface area contributed by atoms with Gasteiger partial charge in [-0.2, -0.15) is 5.26 Å². The molecule has 2 rings (SSSR count). The van der Waals surface area contributed by atoms with Crippen molar-refractivity contribution < 1.29 is 13.5 Å². The number of thiophene rings is 1. The van der Waals surface area contributed by atoms with Gasteiger partial charge < -0.3 is 5.11 Å². The third kappa shape index (κ3) is 3.23. The first kappa shape index (κ1) is 14.7. The summed E-state index contributed by atoms with van der Waals surface area (Å²) < 4.78 is 26.9. The van der Waals surface area contributed by atoms with Crippen LogP contribution >= 0.6 is 11.3 Å². The van der Waals surface area contributed by atoms with Crippen molar-refractivity contribution in [2.75, 3.05) is 6.61 Å². The Morgan fingerprint density at radius 3 is 2.50 bits per heavy atom. The first-order valence-corrected chi connectivity index (χ1v) is 8.05. The molecule has 2 N–H and O–H groups in total. The fourth-order valence-electron chi connectivity index (χ4n) is 1.67. The van der Waals surface area contributed by atoms with Crippen LogP contribution in [0.1, 0.15) is 16.5 Å². The van der Waals surface area contributed by atoms with Crippen molar-refractivity contribution in [1.82, 2.24) is 4.72 Å². The monoisotopic (exact) mass is 308 g/mol.